The maximum Gasteiger partial charge on any atom is 0.294 e. The molecule has 0 fully saturated rings. The largest absolute Gasteiger partial charge is 0.506 e. The van der Waals surface area contributed by atoms with Crippen LogP contribution in [0.3, 0.4) is 0 Å². The summed E-state index contributed by atoms with van der Waals surface area (Å²) in [5, 5.41) is 11.6. The smallest absolute Gasteiger partial charge is 0.294 e. The third kappa shape index (κ3) is 6.32. The van der Waals surface area contributed by atoms with Crippen LogP contribution in [0.5, 0.6) is 0 Å². The van der Waals surface area contributed by atoms with Gasteiger partial charge in [0, 0.05) is 46.6 Å². The van der Waals surface area contributed by atoms with Crippen molar-refractivity contribution in [1.82, 2.24) is 0 Å². The van der Waals surface area contributed by atoms with Gasteiger partial charge in [-0.05, 0) is 75.2 Å². The molecule has 54 heavy (non-hydrogen) atoms. The van der Waals surface area contributed by atoms with E-state index in [1.165, 1.54) is 24.3 Å². The molecule has 4 aromatic carbocycles. The van der Waals surface area contributed by atoms with E-state index >= 15 is 0 Å². The van der Waals surface area contributed by atoms with Gasteiger partial charge >= 0.3 is 0 Å². The van der Waals surface area contributed by atoms with E-state index in [0.29, 0.717) is 47.0 Å². The van der Waals surface area contributed by atoms with Crippen LogP contribution >= 0.6 is 0 Å². The van der Waals surface area contributed by atoms with Crippen LogP contribution in [0.4, 0.5) is 11.4 Å². The Kier molecular flexibility index (Phi) is 8.77. The molecule has 0 saturated heterocycles. The standard InChI is InChI=1S/C42H40N2O8S2/c1-25-7-11-27(12-8-25)23-43-35-17-15-29(53(47,48)49)19-33(35)41(3,4)37(43)21-31-39(45)32(40(31)46)22-38-42(5,6)34-20-30(54(50,51)52)16-18-36(34)44(38)24-28-13-9-26(2)10-14-28/h7-22H,23-24H2,1-6H3,(H2-,45,46,47,48,49,50,51,52)/p+1. The van der Waals surface area contributed by atoms with Crippen LogP contribution in [0.1, 0.15) is 61.1 Å². The molecular weight excluding hydrogens is 725 g/mol. The number of rotatable bonds is 8. The maximum absolute atomic E-state index is 14.1. The number of fused-ring (bicyclic) bond motifs is 2. The number of benzene rings is 4. The highest BCUT2D eigenvalue weighted by Gasteiger charge is 2.48. The SMILES string of the molecule is Cc1ccc(CN2/C(=C/C3=C(O)C(=C/C4=[N+](Cc5ccc(C)cc5)c5ccc(S(=O)(=O)O)cc5C4(C)C)/C3=O)C(C)(C)c3cc(S(=O)(=O)O)ccc32)cc1. The van der Waals surface area contributed by atoms with Crippen LogP contribution in [0.15, 0.2) is 129 Å². The van der Waals surface area contributed by atoms with Crippen molar-refractivity contribution in [3.8, 4) is 0 Å². The summed E-state index contributed by atoms with van der Waals surface area (Å²) in [6, 6.07) is 24.8. The topological polar surface area (TPSA) is 152 Å². The molecule has 0 aromatic heterocycles. The van der Waals surface area contributed by atoms with Gasteiger partial charge in [0.1, 0.15) is 5.76 Å². The Morgan fingerprint density at radius 2 is 1.24 bits per heavy atom. The fourth-order valence-electron chi connectivity index (χ4n) is 7.63. The molecule has 10 nitrogen and oxygen atoms in total. The monoisotopic (exact) mass is 765 g/mol. The average Bonchev–Trinajstić information content (AvgIpc) is 3.44. The molecule has 0 atom stereocenters. The second-order valence-corrected chi connectivity index (χ2v) is 18.1. The number of anilines is 1. The van der Waals surface area contributed by atoms with Crippen molar-refractivity contribution < 1.29 is 40.4 Å². The van der Waals surface area contributed by atoms with Crippen LogP contribution in [0, 0.1) is 13.8 Å². The van der Waals surface area contributed by atoms with Crippen LogP contribution in [-0.4, -0.2) is 47.1 Å². The summed E-state index contributed by atoms with van der Waals surface area (Å²) in [5.74, 6) is -0.602. The fraction of sp³-hybridized carbons (Fsp3) is 0.238. The van der Waals surface area contributed by atoms with Gasteiger partial charge in [-0.15, -0.1) is 0 Å². The molecular formula is C42H41N2O8S2+. The van der Waals surface area contributed by atoms with Crippen molar-refractivity contribution in [3.05, 3.63) is 153 Å². The normalized spacial score (nSPS) is 19.1. The first-order chi connectivity index (χ1) is 25.2. The van der Waals surface area contributed by atoms with E-state index in [0.717, 1.165) is 22.3 Å². The van der Waals surface area contributed by atoms with E-state index in [1.807, 2.05) is 99.5 Å². The lowest BCUT2D eigenvalue weighted by molar-refractivity contribution is -0.455. The Balaban J connectivity index is 1.35. The van der Waals surface area contributed by atoms with Crippen LogP contribution in [0.25, 0.3) is 0 Å². The van der Waals surface area contributed by atoms with E-state index in [4.69, 9.17) is 0 Å². The number of hydrogen-bond acceptors (Lipinski definition) is 7. The maximum atomic E-state index is 14.1. The summed E-state index contributed by atoms with van der Waals surface area (Å²) in [6.07, 6.45) is 3.30. The number of allylic oxidation sites excluding steroid dienone is 5. The number of ketones is 1. The predicted octanol–water partition coefficient (Wildman–Crippen LogP) is 7.58. The highest BCUT2D eigenvalue weighted by atomic mass is 32.2. The van der Waals surface area contributed by atoms with Gasteiger partial charge in [-0.3, -0.25) is 13.9 Å². The quantitative estimate of drug-likeness (QED) is 0.0937. The van der Waals surface area contributed by atoms with E-state index in [9.17, 15) is 35.8 Å². The molecule has 4 aromatic rings. The summed E-state index contributed by atoms with van der Waals surface area (Å²) in [6.45, 7) is 12.4. The minimum absolute atomic E-state index is 0.0914. The minimum Gasteiger partial charge on any atom is -0.506 e. The molecule has 7 rings (SSSR count). The first-order valence-electron chi connectivity index (χ1n) is 17.4. The molecule has 12 heteroatoms. The second-order valence-electron chi connectivity index (χ2n) is 15.3. The molecule has 1 aliphatic carbocycles. The van der Waals surface area contributed by atoms with Crippen LogP contribution < -0.4 is 4.90 Å². The Morgan fingerprint density at radius 3 is 1.80 bits per heavy atom. The average molecular weight is 766 g/mol. The van der Waals surface area contributed by atoms with Gasteiger partial charge in [0.15, 0.2) is 12.3 Å². The van der Waals surface area contributed by atoms with Crippen molar-refractivity contribution in [3.63, 3.8) is 0 Å². The summed E-state index contributed by atoms with van der Waals surface area (Å²) in [5.41, 5.74) is 6.61. The van der Waals surface area contributed by atoms with Gasteiger partial charge < -0.3 is 10.0 Å². The molecule has 0 unspecified atom stereocenters. The van der Waals surface area contributed by atoms with Crippen LogP contribution in [0.2, 0.25) is 0 Å². The second kappa shape index (κ2) is 12.7. The van der Waals surface area contributed by atoms with E-state index in [-0.39, 0.29) is 26.7 Å². The van der Waals surface area contributed by atoms with Crippen LogP contribution in [-0.2, 0) is 49.0 Å². The van der Waals surface area contributed by atoms with Crippen molar-refractivity contribution >= 4 is 43.1 Å². The first-order valence-corrected chi connectivity index (χ1v) is 20.3. The van der Waals surface area contributed by atoms with Gasteiger partial charge in [-0.1, -0.05) is 73.5 Å². The molecule has 0 bridgehead atoms. The Hall–Kier alpha value is -5.14. The zero-order chi connectivity index (χ0) is 39.1. The molecule has 3 N–H and O–H groups in total. The summed E-state index contributed by atoms with van der Waals surface area (Å²) in [4.78, 5) is 15.6. The summed E-state index contributed by atoms with van der Waals surface area (Å²) in [7, 11) is -8.98. The molecule has 0 saturated carbocycles. The Morgan fingerprint density at radius 1 is 0.704 bits per heavy atom. The fourth-order valence-corrected chi connectivity index (χ4v) is 8.64. The first kappa shape index (κ1) is 37.2. The zero-order valence-electron chi connectivity index (χ0n) is 30.7. The van der Waals surface area contributed by atoms with Gasteiger partial charge in [-0.25, -0.2) is 0 Å². The lowest BCUT2D eigenvalue weighted by atomic mass is 9.77. The van der Waals surface area contributed by atoms with Crippen molar-refractivity contribution in [2.75, 3.05) is 4.90 Å². The minimum atomic E-state index is -4.49. The number of aliphatic hydroxyl groups excluding tert-OH is 1. The number of carbonyl (C=O) groups is 1. The molecule has 0 amide bonds. The number of aliphatic hydroxyl groups is 1. The molecule has 2 aliphatic heterocycles. The van der Waals surface area contributed by atoms with Gasteiger partial charge in [0.2, 0.25) is 11.5 Å². The Labute approximate surface area is 315 Å². The lowest BCUT2D eigenvalue weighted by Crippen LogP contribution is -2.32. The van der Waals surface area contributed by atoms with Gasteiger partial charge in [0.25, 0.3) is 20.2 Å². The molecule has 278 valence electrons. The number of hydrogen-bond donors (Lipinski definition) is 3. The molecule has 3 aliphatic rings. The highest BCUT2D eigenvalue weighted by Crippen LogP contribution is 2.50. The summed E-state index contributed by atoms with van der Waals surface area (Å²) >= 11 is 0. The molecule has 0 radical (unpaired) electrons. The van der Waals surface area contributed by atoms with E-state index in [2.05, 4.69) is 0 Å². The van der Waals surface area contributed by atoms with Crippen molar-refractivity contribution in [2.45, 2.75) is 75.3 Å². The Bertz CT molecular complexity index is 2630. The van der Waals surface area contributed by atoms with E-state index < -0.39 is 36.8 Å². The third-order valence-electron chi connectivity index (χ3n) is 10.8. The van der Waals surface area contributed by atoms with Crippen molar-refractivity contribution in [1.29, 1.82) is 0 Å². The number of carbonyl (C=O) groups excluding carboxylic acids is 1. The number of nitrogens with zero attached hydrogens (tertiary/aromatic N) is 2. The molecule has 0 spiro atoms. The van der Waals surface area contributed by atoms with Gasteiger partial charge in [0.05, 0.1) is 26.4 Å². The highest BCUT2D eigenvalue weighted by molar-refractivity contribution is 7.86. The summed E-state index contributed by atoms with van der Waals surface area (Å²) < 4.78 is 70.3. The molecule has 2 heterocycles. The lowest BCUT2D eigenvalue weighted by Gasteiger charge is -2.29. The number of Topliss-reactive ketones (excluding diaryl/α,β-unsaturated/α-hetero) is 1. The zero-order valence-corrected chi connectivity index (χ0v) is 32.4. The third-order valence-corrected chi connectivity index (χ3v) is 12.5. The number of aryl methyl sites for hydroxylation is 2. The predicted molar refractivity (Wildman–Crippen MR) is 207 cm³/mol. The van der Waals surface area contributed by atoms with Crippen molar-refractivity contribution in [2.24, 2.45) is 0 Å². The van der Waals surface area contributed by atoms with E-state index in [1.54, 1.807) is 24.3 Å². The van der Waals surface area contributed by atoms with Gasteiger partial charge in [-0.2, -0.15) is 21.4 Å².